The first-order valence-electron chi connectivity index (χ1n) is 38.9. The highest BCUT2D eigenvalue weighted by Gasteiger charge is 2.65. The molecular weight excluding hydrogens is 1700 g/mol. The summed E-state index contributed by atoms with van der Waals surface area (Å²) in [5, 5.41) is 330. The topological polar surface area (TPSA) is 894 Å². The lowest BCUT2D eigenvalue weighted by molar-refractivity contribution is -0.396. The van der Waals surface area contributed by atoms with Crippen molar-refractivity contribution in [3.8, 4) is 0 Å². The summed E-state index contributed by atoms with van der Waals surface area (Å²) in [7, 11) is 0. The molecule has 0 radical (unpaired) electrons. The minimum Gasteiger partial charge on any atom is -0.477 e. The van der Waals surface area contributed by atoms with E-state index in [-0.39, 0.29) is 0 Å². The van der Waals surface area contributed by atoms with Crippen LogP contribution >= 0.6 is 0 Å². The summed E-state index contributed by atoms with van der Waals surface area (Å²) in [6.45, 7) is -7.07. The van der Waals surface area contributed by atoms with Gasteiger partial charge in [-0.25, -0.2) is 9.59 Å². The SMILES string of the molecule is CC(=O)N[C@H]1[C@H](O[C@@H]2[C@@H](OC[C@H]3O[C@@H](O)[C@@H](O)[C@@H](O[C@H]4O[C@H](CO)[C@@H](O)[C@H](O)[C@@H]4O[C@@H]4O[C@H](CO)[C@@H](O[C@@H]5O[C@H](CO)[C@H](O)[C@H](O[C@]6(C(=O)O)C[C@H](O)[C@@H](NC(C)=O)[C@H]([C@H](O)[C@H](O)CO)O6)[C@H]5O)[C@H](O)[C@H]4NC(C)=O)[C@@H]3O)O[C@H](CO)[C@@H](O)[C@@H]2O)O[C@H](CO)[C@@H](O[C@@H]2O[C@H](CO)[C@H](O)[C@H](O[C@]3(C(=O)O)C[C@H](O)[C@@H](NC(C)=O)[C@H]([C@H](O)[C@H](O)CO)O3)[C@H]2O)[C@@H]1O. The van der Waals surface area contributed by atoms with Gasteiger partial charge in [0.1, 0.15) is 207 Å². The van der Waals surface area contributed by atoms with E-state index in [0.717, 1.165) is 27.7 Å². The molecule has 9 aliphatic heterocycles. The lowest BCUT2D eigenvalue weighted by Crippen LogP contribution is -2.71. The molecule has 0 bridgehead atoms. The number of aliphatic hydroxyl groups is 27. The molecule has 0 spiro atoms. The van der Waals surface area contributed by atoms with Gasteiger partial charge in [-0.05, 0) is 0 Å². The average Bonchev–Trinajstić information content (AvgIpc) is 0.759. The number of carboxylic acid groups (broad SMARTS) is 2. The number of amides is 4. The van der Waals surface area contributed by atoms with Gasteiger partial charge in [0.15, 0.2) is 44.0 Å². The van der Waals surface area contributed by atoms with Crippen LogP contribution in [0, 0.1) is 0 Å². The molecule has 0 aromatic carbocycles. The Balaban J connectivity index is 0.919. The largest absolute Gasteiger partial charge is 0.477 e. The Hall–Kier alpha value is -4.94. The summed E-state index contributed by atoms with van der Waals surface area (Å²) in [5.41, 5.74) is 0. The van der Waals surface area contributed by atoms with Crippen molar-refractivity contribution in [3.63, 3.8) is 0 Å². The van der Waals surface area contributed by atoms with Gasteiger partial charge in [0.25, 0.3) is 11.6 Å². The number of rotatable bonds is 35. The van der Waals surface area contributed by atoms with E-state index in [1.807, 2.05) is 0 Å². The molecule has 0 saturated carbocycles. The fraction of sp³-hybridized carbons (Fsp3) is 0.912. The van der Waals surface area contributed by atoms with Crippen molar-refractivity contribution >= 4 is 35.6 Å². The number of carbonyl (C=O) groups is 6. The predicted octanol–water partition coefficient (Wildman–Crippen LogP) is -21.6. The number of ether oxygens (including phenoxy) is 17. The van der Waals surface area contributed by atoms with Crippen molar-refractivity contribution in [2.75, 3.05) is 59.5 Å². The third-order valence-electron chi connectivity index (χ3n) is 22.3. The minimum absolute atomic E-state index is 0.873. The Labute approximate surface area is 699 Å². The van der Waals surface area contributed by atoms with Crippen molar-refractivity contribution in [3.05, 3.63) is 0 Å². The molecule has 0 aromatic rings. The van der Waals surface area contributed by atoms with Crippen LogP contribution in [0.3, 0.4) is 0 Å². The van der Waals surface area contributed by atoms with Gasteiger partial charge >= 0.3 is 11.9 Å². The summed E-state index contributed by atoms with van der Waals surface area (Å²) in [6.07, 6.45) is -93.6. The second-order valence-electron chi connectivity index (χ2n) is 31.0. The van der Waals surface area contributed by atoms with E-state index in [2.05, 4.69) is 21.3 Å². The fourth-order valence-corrected chi connectivity index (χ4v) is 15.9. The maximum atomic E-state index is 13.2. The van der Waals surface area contributed by atoms with Gasteiger partial charge in [0.05, 0.1) is 83.8 Å². The summed E-state index contributed by atoms with van der Waals surface area (Å²) in [5.74, 6) is -14.6. The molecule has 47 atom stereocenters. The molecule has 9 saturated heterocycles. The van der Waals surface area contributed by atoms with Gasteiger partial charge in [0.2, 0.25) is 23.6 Å². The Kier molecular flexibility index (Phi) is 36.4. The van der Waals surface area contributed by atoms with Gasteiger partial charge in [-0.3, -0.25) is 19.2 Å². The molecule has 4 amide bonds. The van der Waals surface area contributed by atoms with Crippen LogP contribution in [-0.2, 0) is 109 Å². The van der Waals surface area contributed by atoms with E-state index in [4.69, 9.17) is 80.5 Å². The molecule has 9 aliphatic rings. The normalized spacial score (nSPS) is 46.3. The zero-order valence-corrected chi connectivity index (χ0v) is 66.1. The smallest absolute Gasteiger partial charge is 0.364 e. The maximum Gasteiger partial charge on any atom is 0.364 e. The number of carboxylic acids is 2. The van der Waals surface area contributed by atoms with E-state index in [0.29, 0.717) is 0 Å². The van der Waals surface area contributed by atoms with Crippen LogP contribution in [0.5, 0.6) is 0 Å². The number of aliphatic carboxylic acids is 2. The van der Waals surface area contributed by atoms with Crippen LogP contribution in [-0.4, -0.2) is 530 Å². The highest BCUT2D eigenvalue weighted by Crippen LogP contribution is 2.43. The van der Waals surface area contributed by atoms with Crippen molar-refractivity contribution < 1.29 is 257 Å². The van der Waals surface area contributed by atoms with Crippen LogP contribution in [0.4, 0.5) is 0 Å². The number of hydrogen-bond donors (Lipinski definition) is 33. The molecular formula is C68H112N4O52. The van der Waals surface area contributed by atoms with Crippen LogP contribution in [0.25, 0.3) is 0 Å². The molecule has 0 aliphatic carbocycles. The van der Waals surface area contributed by atoms with E-state index in [1.54, 1.807) is 0 Å². The number of carbonyl (C=O) groups excluding carboxylic acids is 4. The Morgan fingerprint density at radius 1 is 0.331 bits per heavy atom. The zero-order valence-electron chi connectivity index (χ0n) is 66.1. The maximum absolute atomic E-state index is 13.2. The lowest BCUT2D eigenvalue weighted by Gasteiger charge is -2.51. The van der Waals surface area contributed by atoms with E-state index in [1.165, 1.54) is 0 Å². The second-order valence-corrected chi connectivity index (χ2v) is 31.0. The van der Waals surface area contributed by atoms with Crippen molar-refractivity contribution in [1.82, 2.24) is 21.3 Å². The monoisotopic (exact) mass is 1820 g/mol. The summed E-state index contributed by atoms with van der Waals surface area (Å²) in [6, 6.07) is -7.56. The molecule has 56 heteroatoms. The molecule has 33 N–H and O–H groups in total. The molecule has 9 heterocycles. The minimum atomic E-state index is -3.29. The van der Waals surface area contributed by atoms with Crippen molar-refractivity contribution in [2.24, 2.45) is 0 Å². The molecule has 0 aromatic heterocycles. The van der Waals surface area contributed by atoms with Crippen LogP contribution in [0.15, 0.2) is 0 Å². The average molecular weight is 1820 g/mol. The van der Waals surface area contributed by atoms with Gasteiger partial charge in [-0.2, -0.15) is 0 Å². The summed E-state index contributed by atoms with van der Waals surface area (Å²) in [4.78, 5) is 76.7. The van der Waals surface area contributed by atoms with Crippen molar-refractivity contribution in [1.29, 1.82) is 0 Å². The molecule has 9 fully saturated rings. The highest BCUT2D eigenvalue weighted by atomic mass is 16.8. The number of hydrogen-bond acceptors (Lipinski definition) is 50. The van der Waals surface area contributed by atoms with Gasteiger partial charge in [-0.15, -0.1) is 0 Å². The first-order chi connectivity index (χ1) is 58.3. The zero-order chi connectivity index (χ0) is 92.1. The van der Waals surface area contributed by atoms with Crippen LogP contribution < -0.4 is 21.3 Å². The van der Waals surface area contributed by atoms with Gasteiger partial charge in [-0.1, -0.05) is 0 Å². The van der Waals surface area contributed by atoms with Gasteiger partial charge in [0, 0.05) is 40.5 Å². The van der Waals surface area contributed by atoms with E-state index in [9.17, 15) is 177 Å². The number of nitrogens with one attached hydrogen (secondary N) is 4. The summed E-state index contributed by atoms with van der Waals surface area (Å²) < 4.78 is 98.8. The first-order valence-corrected chi connectivity index (χ1v) is 38.9. The highest BCUT2D eigenvalue weighted by molar-refractivity contribution is 5.78. The second kappa shape index (κ2) is 43.9. The standard InChI is InChI=1S/C68H112N4O52/c1-16(81)69-31-20(85)5-67(65(104)105,121-51(31)35(89)22(87)7-73)123-54-39(93)26(11-77)110-61(47(54)101)116-49-28(13-79)114-59(33(42(49)96)71-18(3)83)119-56-44(98)37(91)24(9-75)112-63(56)108-15-30-41(95)53(46(100)58(103)109-30)118-64-57(45(99)38(92)25(10-76)113-64)120-60-34(72-19(4)84)43(97)50(29(14-80)115-60)117-62-48(102)55(40(94)27(12-78)111-62)124-68(66(106)107)6-21(86)32(70-17(2)82)52(122-68)36(90)23(88)8-74/h20-64,73-80,85-103H,5-15H2,1-4H3,(H,69,81)(H,70,82)(H,71,83)(H,72,84)(H,104,105)(H,106,107)/t20-,21-,22+,23+,24+,25+,26+,27+,28+,29+,30+,31+,32+,33+,34+,35+,36+,37+,38+,39-,40-,41+,42+,43+,44-,45-,46-,47+,48+,49+,50+,51+,52+,53-,54-,55-,56-,57-,58+,59-,60-,61-,62-,63-,64+,67-,68-/m0/s1. The quantitative estimate of drug-likeness (QED) is 0.0280. The molecule has 9 rings (SSSR count). The molecule has 0 unspecified atom stereocenters. The van der Waals surface area contributed by atoms with Gasteiger partial charge < -0.3 is 250 Å². The Bertz CT molecular complexity index is 3450. The Morgan fingerprint density at radius 3 is 0.984 bits per heavy atom. The summed E-state index contributed by atoms with van der Waals surface area (Å²) >= 11 is 0. The Morgan fingerprint density at radius 2 is 0.637 bits per heavy atom. The number of aliphatic hydroxyl groups excluding tert-OH is 27. The van der Waals surface area contributed by atoms with Crippen LogP contribution in [0.2, 0.25) is 0 Å². The third-order valence-corrected chi connectivity index (χ3v) is 22.3. The molecule has 716 valence electrons. The molecule has 124 heavy (non-hydrogen) atoms. The first kappa shape index (κ1) is 103. The van der Waals surface area contributed by atoms with Crippen LogP contribution in [0.1, 0.15) is 40.5 Å². The third kappa shape index (κ3) is 22.3. The van der Waals surface area contributed by atoms with E-state index >= 15 is 0 Å². The molecule has 56 nitrogen and oxygen atoms in total. The van der Waals surface area contributed by atoms with Crippen molar-refractivity contribution in [2.45, 2.75) is 328 Å². The van der Waals surface area contributed by atoms with E-state index < -0.39 is 395 Å². The fourth-order valence-electron chi connectivity index (χ4n) is 15.9. The predicted molar refractivity (Wildman–Crippen MR) is 378 cm³/mol. The lowest BCUT2D eigenvalue weighted by atomic mass is 9.88.